The molecule has 28 heavy (non-hydrogen) atoms. The highest BCUT2D eigenvalue weighted by molar-refractivity contribution is 5.80. The molecule has 3 aromatic rings. The molecule has 0 aromatic heterocycles. The maximum absolute atomic E-state index is 13.4. The molecule has 1 aliphatic heterocycles. The number of nitrogens with one attached hydrogen (secondary N) is 1. The lowest BCUT2D eigenvalue weighted by molar-refractivity contribution is -0.955. The zero-order chi connectivity index (χ0) is 20.3. The second-order valence-electron chi connectivity index (χ2n) is 8.73. The number of hydrogen-bond acceptors (Lipinski definition) is 3. The van der Waals surface area contributed by atoms with E-state index in [0.717, 1.165) is 44.8 Å². The van der Waals surface area contributed by atoms with Crippen LogP contribution in [0.25, 0.3) is 22.3 Å². The predicted octanol–water partition coefficient (Wildman–Crippen LogP) is 4.05. The van der Waals surface area contributed by atoms with Crippen LogP contribution in [0, 0.1) is 5.21 Å². The molecule has 0 radical (unpaired) electrons. The van der Waals surface area contributed by atoms with Gasteiger partial charge in [0.15, 0.2) is 0 Å². The minimum atomic E-state index is -0.570. The normalized spacial score (nSPS) is 17.5. The first-order valence-corrected chi connectivity index (χ1v) is 9.58. The van der Waals surface area contributed by atoms with Gasteiger partial charge in [0.05, 0.1) is 0 Å². The highest BCUT2D eigenvalue weighted by atomic mass is 16.5. The second kappa shape index (κ2) is 6.09. The standard InChI is InChI=1S/C24H27N3O/c1-23(2)21-19(15-5-9-17(25)10-6-15)13-14-20(16-7-11-18(26)12-8-16)22(21)24(3,4)27(23)28/h5-14,27H,25-26H2,1-4H3. The van der Waals surface area contributed by atoms with Crippen molar-refractivity contribution in [3.8, 4) is 22.3 Å². The summed E-state index contributed by atoms with van der Waals surface area (Å²) in [4.78, 5) is 0. The summed E-state index contributed by atoms with van der Waals surface area (Å²) in [5.41, 5.74) is 18.7. The molecule has 0 bridgehead atoms. The van der Waals surface area contributed by atoms with Gasteiger partial charge < -0.3 is 21.7 Å². The fourth-order valence-electron chi connectivity index (χ4n) is 4.72. The van der Waals surface area contributed by atoms with Crippen LogP contribution >= 0.6 is 0 Å². The van der Waals surface area contributed by atoms with Crippen LogP contribution in [0.4, 0.5) is 11.4 Å². The van der Waals surface area contributed by atoms with Crippen molar-refractivity contribution in [3.63, 3.8) is 0 Å². The molecule has 0 aliphatic carbocycles. The van der Waals surface area contributed by atoms with Crippen LogP contribution in [-0.4, -0.2) is 0 Å². The summed E-state index contributed by atoms with van der Waals surface area (Å²) >= 11 is 0. The van der Waals surface area contributed by atoms with Gasteiger partial charge in [-0.2, -0.15) is 0 Å². The van der Waals surface area contributed by atoms with Gasteiger partial charge in [-0.1, -0.05) is 36.4 Å². The summed E-state index contributed by atoms with van der Waals surface area (Å²) in [7, 11) is 0. The Morgan fingerprint density at radius 1 is 0.607 bits per heavy atom. The molecule has 0 amide bonds. The fraction of sp³-hybridized carbons (Fsp3) is 0.250. The van der Waals surface area contributed by atoms with Crippen molar-refractivity contribution in [2.45, 2.75) is 38.8 Å². The summed E-state index contributed by atoms with van der Waals surface area (Å²) < 4.78 is 0. The molecular weight excluding hydrogens is 346 g/mol. The zero-order valence-corrected chi connectivity index (χ0v) is 16.8. The summed E-state index contributed by atoms with van der Waals surface area (Å²) in [6.07, 6.45) is 0. The molecule has 0 saturated heterocycles. The Morgan fingerprint density at radius 3 is 1.25 bits per heavy atom. The topological polar surface area (TPSA) is 79.5 Å². The molecular formula is C24H27N3O. The number of rotatable bonds is 2. The zero-order valence-electron chi connectivity index (χ0n) is 16.8. The van der Waals surface area contributed by atoms with E-state index in [4.69, 9.17) is 11.5 Å². The van der Waals surface area contributed by atoms with Gasteiger partial charge in [0, 0.05) is 22.5 Å². The van der Waals surface area contributed by atoms with Crippen molar-refractivity contribution in [2.75, 3.05) is 11.5 Å². The molecule has 3 aromatic carbocycles. The van der Waals surface area contributed by atoms with Gasteiger partial charge in [-0.15, -0.1) is 0 Å². The van der Waals surface area contributed by atoms with Crippen LogP contribution in [0.15, 0.2) is 60.7 Å². The minimum Gasteiger partial charge on any atom is -0.633 e. The average molecular weight is 374 g/mol. The van der Waals surface area contributed by atoms with Gasteiger partial charge in [-0.3, -0.25) is 0 Å². The lowest BCUT2D eigenvalue weighted by atomic mass is 9.80. The summed E-state index contributed by atoms with van der Waals surface area (Å²) in [5, 5.41) is 13.7. The lowest BCUT2D eigenvalue weighted by Gasteiger charge is -2.41. The highest BCUT2D eigenvalue weighted by Gasteiger charge is 2.52. The van der Waals surface area contributed by atoms with E-state index >= 15 is 0 Å². The smallest absolute Gasteiger partial charge is 0.119 e. The fourth-order valence-corrected chi connectivity index (χ4v) is 4.72. The first-order valence-electron chi connectivity index (χ1n) is 9.58. The third-order valence-electron chi connectivity index (χ3n) is 6.03. The van der Waals surface area contributed by atoms with Crippen molar-refractivity contribution >= 4 is 11.4 Å². The summed E-state index contributed by atoms with van der Waals surface area (Å²) in [6.45, 7) is 8.15. The Labute approximate surface area is 166 Å². The van der Waals surface area contributed by atoms with Gasteiger partial charge >= 0.3 is 0 Å². The van der Waals surface area contributed by atoms with Gasteiger partial charge in [0.1, 0.15) is 11.1 Å². The van der Waals surface area contributed by atoms with Crippen LogP contribution in [0.1, 0.15) is 38.8 Å². The van der Waals surface area contributed by atoms with Crippen LogP contribution < -0.4 is 16.5 Å². The van der Waals surface area contributed by atoms with Gasteiger partial charge in [-0.05, 0) is 74.2 Å². The third kappa shape index (κ3) is 2.60. The Kier molecular flexibility index (Phi) is 4.03. The molecule has 0 atom stereocenters. The molecule has 4 rings (SSSR count). The number of quaternary nitrogens is 1. The van der Waals surface area contributed by atoms with Crippen molar-refractivity contribution in [3.05, 3.63) is 77.0 Å². The number of fused-ring (bicyclic) bond motifs is 1. The predicted molar refractivity (Wildman–Crippen MR) is 117 cm³/mol. The van der Waals surface area contributed by atoms with E-state index in [-0.39, 0.29) is 5.06 Å². The van der Waals surface area contributed by atoms with Gasteiger partial charge in [0.2, 0.25) is 0 Å². The van der Waals surface area contributed by atoms with Gasteiger partial charge in [-0.25, -0.2) is 0 Å². The first kappa shape index (κ1) is 18.5. The molecule has 0 saturated carbocycles. The van der Waals surface area contributed by atoms with Crippen LogP contribution in [0.3, 0.4) is 0 Å². The molecule has 1 aliphatic rings. The SMILES string of the molecule is CC1(C)c2c(-c3ccc(N)cc3)ccc(-c3ccc(N)cc3)c2C(C)(C)[NH+]1[O-]. The lowest BCUT2D eigenvalue weighted by Crippen LogP contribution is -3.17. The molecule has 4 heteroatoms. The first-order chi connectivity index (χ1) is 13.1. The average Bonchev–Trinajstić information content (AvgIpc) is 2.81. The Morgan fingerprint density at radius 2 is 0.929 bits per heavy atom. The maximum atomic E-state index is 13.4. The Bertz CT molecular complexity index is 950. The molecule has 144 valence electrons. The number of nitrogen functional groups attached to an aromatic ring is 2. The molecule has 0 spiro atoms. The monoisotopic (exact) mass is 373 g/mol. The molecule has 0 fully saturated rings. The Hall–Kier alpha value is -2.82. The number of nitrogens with two attached hydrogens (primary N) is 2. The van der Waals surface area contributed by atoms with Crippen molar-refractivity contribution in [2.24, 2.45) is 0 Å². The molecule has 5 N–H and O–H groups in total. The molecule has 4 nitrogen and oxygen atoms in total. The number of benzene rings is 3. The van der Waals surface area contributed by atoms with E-state index < -0.39 is 11.1 Å². The molecule has 1 heterocycles. The maximum Gasteiger partial charge on any atom is 0.119 e. The van der Waals surface area contributed by atoms with E-state index in [1.807, 2.05) is 76.2 Å². The number of hydroxylamine groups is 2. The minimum absolute atomic E-state index is 0.245. The van der Waals surface area contributed by atoms with E-state index in [1.54, 1.807) is 0 Å². The van der Waals surface area contributed by atoms with E-state index in [9.17, 15) is 5.21 Å². The number of anilines is 2. The van der Waals surface area contributed by atoms with E-state index in [1.165, 1.54) is 0 Å². The van der Waals surface area contributed by atoms with E-state index in [2.05, 4.69) is 12.1 Å². The van der Waals surface area contributed by atoms with Gasteiger partial charge in [0.25, 0.3) is 0 Å². The van der Waals surface area contributed by atoms with Crippen molar-refractivity contribution in [1.29, 1.82) is 0 Å². The summed E-state index contributed by atoms with van der Waals surface area (Å²) in [5.74, 6) is 0. The highest BCUT2D eigenvalue weighted by Crippen LogP contribution is 2.46. The largest absolute Gasteiger partial charge is 0.633 e. The number of hydrogen-bond donors (Lipinski definition) is 3. The van der Waals surface area contributed by atoms with Crippen molar-refractivity contribution in [1.82, 2.24) is 0 Å². The van der Waals surface area contributed by atoms with Crippen LogP contribution in [0.2, 0.25) is 0 Å². The third-order valence-corrected chi connectivity index (χ3v) is 6.03. The van der Waals surface area contributed by atoms with Crippen molar-refractivity contribution < 1.29 is 5.06 Å². The van der Waals surface area contributed by atoms with Crippen LogP contribution in [-0.2, 0) is 11.1 Å². The quantitative estimate of drug-likeness (QED) is 0.468. The Balaban J connectivity index is 2.05. The summed E-state index contributed by atoms with van der Waals surface area (Å²) in [6, 6.07) is 20.0. The molecule has 0 unspecified atom stereocenters. The van der Waals surface area contributed by atoms with E-state index in [0.29, 0.717) is 0 Å². The second-order valence-corrected chi connectivity index (χ2v) is 8.73. The van der Waals surface area contributed by atoms with Crippen LogP contribution in [0.5, 0.6) is 0 Å².